The van der Waals surface area contributed by atoms with E-state index in [0.717, 1.165) is 12.8 Å². The zero-order valence-corrected chi connectivity index (χ0v) is 10.6. The smallest absolute Gasteiger partial charge is 0.246 e. The van der Waals surface area contributed by atoms with Crippen molar-refractivity contribution < 1.29 is 8.42 Å². The molecule has 2 rings (SSSR count). The van der Waals surface area contributed by atoms with E-state index in [9.17, 15) is 8.42 Å². The van der Waals surface area contributed by atoms with Gasteiger partial charge in [0.15, 0.2) is 0 Å². The Labute approximate surface area is 100 Å². The topological polar surface area (TPSA) is 55.2 Å². The fraction of sp³-hybridized carbons (Fsp3) is 0.667. The van der Waals surface area contributed by atoms with Gasteiger partial charge in [0.1, 0.15) is 4.90 Å². The SMILES string of the molecule is CN(C1CC1)S(=O)(=O)c1cnn(CCCl)c1. The molecule has 0 unspecified atom stereocenters. The molecule has 1 aromatic rings. The number of aryl methyl sites for hydroxylation is 1. The summed E-state index contributed by atoms with van der Waals surface area (Å²) in [5.41, 5.74) is 0. The van der Waals surface area contributed by atoms with E-state index in [1.54, 1.807) is 11.7 Å². The summed E-state index contributed by atoms with van der Waals surface area (Å²) < 4.78 is 27.1. The minimum absolute atomic E-state index is 0.168. The van der Waals surface area contributed by atoms with Crippen molar-refractivity contribution in [2.24, 2.45) is 0 Å². The molecule has 16 heavy (non-hydrogen) atoms. The monoisotopic (exact) mass is 263 g/mol. The molecule has 90 valence electrons. The first-order valence-corrected chi connectivity index (χ1v) is 7.09. The van der Waals surface area contributed by atoms with Crippen molar-refractivity contribution in [3.05, 3.63) is 12.4 Å². The van der Waals surface area contributed by atoms with Crippen LogP contribution in [0.25, 0.3) is 0 Å². The molecule has 0 amide bonds. The lowest BCUT2D eigenvalue weighted by atomic mass is 10.7. The van der Waals surface area contributed by atoms with Gasteiger partial charge in [0.25, 0.3) is 0 Å². The van der Waals surface area contributed by atoms with Crippen LogP contribution in [0.4, 0.5) is 0 Å². The summed E-state index contributed by atoms with van der Waals surface area (Å²) in [5, 5.41) is 3.96. The molecular formula is C9H14ClN3O2S. The Bertz CT molecular complexity index is 467. The van der Waals surface area contributed by atoms with Crippen LogP contribution < -0.4 is 0 Å². The van der Waals surface area contributed by atoms with Crippen LogP contribution in [-0.4, -0.2) is 41.5 Å². The van der Waals surface area contributed by atoms with Crippen molar-refractivity contribution >= 4 is 21.6 Å². The third kappa shape index (κ3) is 2.23. The van der Waals surface area contributed by atoms with Crippen LogP contribution in [0.1, 0.15) is 12.8 Å². The second-order valence-electron chi connectivity index (χ2n) is 3.88. The van der Waals surface area contributed by atoms with Gasteiger partial charge in [-0.3, -0.25) is 4.68 Å². The molecule has 1 saturated carbocycles. The van der Waals surface area contributed by atoms with Crippen LogP contribution in [0.15, 0.2) is 17.3 Å². The number of aromatic nitrogens is 2. The number of alkyl halides is 1. The molecule has 0 radical (unpaired) electrons. The average Bonchev–Trinajstić information content (AvgIpc) is 2.98. The predicted molar refractivity (Wildman–Crippen MR) is 60.9 cm³/mol. The highest BCUT2D eigenvalue weighted by Crippen LogP contribution is 2.30. The average molecular weight is 264 g/mol. The molecule has 5 nitrogen and oxygen atoms in total. The molecule has 0 N–H and O–H groups in total. The fourth-order valence-electron chi connectivity index (χ4n) is 1.49. The number of halogens is 1. The Morgan fingerprint density at radius 2 is 2.31 bits per heavy atom. The summed E-state index contributed by atoms with van der Waals surface area (Å²) in [6.45, 7) is 0.518. The molecule has 1 fully saturated rings. The molecule has 1 aliphatic carbocycles. The molecule has 1 heterocycles. The van der Waals surface area contributed by atoms with E-state index >= 15 is 0 Å². The van der Waals surface area contributed by atoms with Crippen LogP contribution in [0, 0.1) is 0 Å². The van der Waals surface area contributed by atoms with E-state index in [4.69, 9.17) is 11.6 Å². The zero-order valence-electron chi connectivity index (χ0n) is 9.00. The Kier molecular flexibility index (Phi) is 3.23. The fourth-order valence-corrected chi connectivity index (χ4v) is 3.03. The van der Waals surface area contributed by atoms with Crippen molar-refractivity contribution in [3.63, 3.8) is 0 Å². The predicted octanol–water partition coefficient (Wildman–Crippen LogP) is 0.905. The largest absolute Gasteiger partial charge is 0.270 e. The lowest BCUT2D eigenvalue weighted by molar-refractivity contribution is 0.464. The van der Waals surface area contributed by atoms with Crippen molar-refractivity contribution in [1.29, 1.82) is 0 Å². The van der Waals surface area contributed by atoms with Gasteiger partial charge in [0.05, 0.1) is 12.7 Å². The maximum Gasteiger partial charge on any atom is 0.246 e. The number of sulfonamides is 1. The highest BCUT2D eigenvalue weighted by Gasteiger charge is 2.35. The van der Waals surface area contributed by atoms with Gasteiger partial charge in [0, 0.05) is 25.2 Å². The highest BCUT2D eigenvalue weighted by atomic mass is 35.5. The lowest BCUT2D eigenvalue weighted by Gasteiger charge is -2.14. The van der Waals surface area contributed by atoms with Gasteiger partial charge in [-0.2, -0.15) is 9.40 Å². The van der Waals surface area contributed by atoms with Crippen LogP contribution in [0.2, 0.25) is 0 Å². The van der Waals surface area contributed by atoms with E-state index in [2.05, 4.69) is 5.10 Å². The summed E-state index contributed by atoms with van der Waals surface area (Å²) in [7, 11) is -1.75. The first-order chi connectivity index (χ1) is 7.55. The van der Waals surface area contributed by atoms with Gasteiger partial charge in [-0.25, -0.2) is 8.42 Å². The lowest BCUT2D eigenvalue weighted by Crippen LogP contribution is -2.28. The van der Waals surface area contributed by atoms with Gasteiger partial charge in [-0.05, 0) is 12.8 Å². The van der Waals surface area contributed by atoms with Gasteiger partial charge < -0.3 is 0 Å². The molecule has 0 aliphatic heterocycles. The van der Waals surface area contributed by atoms with E-state index in [1.807, 2.05) is 0 Å². The van der Waals surface area contributed by atoms with Crippen LogP contribution in [0.3, 0.4) is 0 Å². The van der Waals surface area contributed by atoms with E-state index in [-0.39, 0.29) is 10.9 Å². The van der Waals surface area contributed by atoms with E-state index in [1.165, 1.54) is 16.7 Å². The Balaban J connectivity index is 2.21. The summed E-state index contributed by atoms with van der Waals surface area (Å²) in [6.07, 6.45) is 4.80. The molecule has 0 spiro atoms. The Morgan fingerprint density at radius 1 is 1.62 bits per heavy atom. The summed E-state index contributed by atoms with van der Waals surface area (Å²) >= 11 is 5.56. The number of hydrogen-bond acceptors (Lipinski definition) is 3. The third-order valence-electron chi connectivity index (χ3n) is 2.66. The van der Waals surface area contributed by atoms with Crippen LogP contribution in [-0.2, 0) is 16.6 Å². The summed E-state index contributed by atoms with van der Waals surface area (Å²) in [5.74, 6) is 0.416. The van der Waals surface area contributed by atoms with Crippen molar-refractivity contribution in [2.45, 2.75) is 30.3 Å². The summed E-state index contributed by atoms with van der Waals surface area (Å²) in [4.78, 5) is 0.243. The molecule has 0 saturated heterocycles. The van der Waals surface area contributed by atoms with Gasteiger partial charge in [-0.1, -0.05) is 0 Å². The molecule has 0 bridgehead atoms. The first-order valence-electron chi connectivity index (χ1n) is 5.12. The van der Waals surface area contributed by atoms with Crippen molar-refractivity contribution in [3.8, 4) is 0 Å². The molecule has 1 aliphatic rings. The van der Waals surface area contributed by atoms with Gasteiger partial charge >= 0.3 is 0 Å². The van der Waals surface area contributed by atoms with Crippen LogP contribution in [0.5, 0.6) is 0 Å². The van der Waals surface area contributed by atoms with Crippen LogP contribution >= 0.6 is 11.6 Å². The van der Waals surface area contributed by atoms with Crippen molar-refractivity contribution in [1.82, 2.24) is 14.1 Å². The van der Waals surface area contributed by atoms with E-state index < -0.39 is 10.0 Å². The molecule has 7 heteroatoms. The minimum Gasteiger partial charge on any atom is -0.270 e. The maximum atomic E-state index is 12.1. The number of nitrogens with zero attached hydrogens (tertiary/aromatic N) is 3. The Hall–Kier alpha value is -0.590. The Morgan fingerprint density at radius 3 is 2.88 bits per heavy atom. The minimum atomic E-state index is -3.37. The quantitative estimate of drug-likeness (QED) is 0.742. The molecule has 0 atom stereocenters. The third-order valence-corrected chi connectivity index (χ3v) is 4.69. The molecular weight excluding hydrogens is 250 g/mol. The van der Waals surface area contributed by atoms with E-state index in [0.29, 0.717) is 12.4 Å². The standard InChI is InChI=1S/C9H14ClN3O2S/c1-12(8-2-3-8)16(14,15)9-6-11-13(7-9)5-4-10/h6-8H,2-5H2,1H3. The number of hydrogen-bond donors (Lipinski definition) is 0. The zero-order chi connectivity index (χ0) is 11.8. The normalized spacial score (nSPS) is 16.9. The first kappa shape index (κ1) is 11.9. The van der Waals surface area contributed by atoms with Crippen molar-refractivity contribution in [2.75, 3.05) is 12.9 Å². The second-order valence-corrected chi connectivity index (χ2v) is 6.26. The van der Waals surface area contributed by atoms with Gasteiger partial charge in [0.2, 0.25) is 10.0 Å². The maximum absolute atomic E-state index is 12.1. The summed E-state index contributed by atoms with van der Waals surface area (Å²) in [6, 6.07) is 0.168. The highest BCUT2D eigenvalue weighted by molar-refractivity contribution is 7.89. The molecule has 1 aromatic heterocycles. The number of rotatable bonds is 5. The molecule has 0 aromatic carbocycles. The second kappa shape index (κ2) is 4.35. The van der Waals surface area contributed by atoms with Gasteiger partial charge in [-0.15, -0.1) is 11.6 Å².